The maximum Gasteiger partial charge on any atom is 0.410 e. The van der Waals surface area contributed by atoms with E-state index in [1.54, 1.807) is 20.8 Å². The van der Waals surface area contributed by atoms with Crippen molar-refractivity contribution in [1.29, 1.82) is 0 Å². The van der Waals surface area contributed by atoms with E-state index >= 15 is 0 Å². The molecule has 19 heteroatoms. The molecule has 0 unspecified atom stereocenters. The molecule has 1 aromatic heterocycles. The Morgan fingerprint density at radius 2 is 1.55 bits per heavy atom. The monoisotopic (exact) mass is 697 g/mol. The topological polar surface area (TPSA) is 230 Å². The highest BCUT2D eigenvalue weighted by atomic mass is 16.7. The molecule has 3 heterocycles. The highest BCUT2D eigenvalue weighted by Gasteiger charge is 2.53. The number of nitrogens with zero attached hydrogens (tertiary/aromatic N) is 4. The number of esters is 5. The summed E-state index contributed by atoms with van der Waals surface area (Å²) in [5.41, 5.74) is -0.642. The molecule has 272 valence electrons. The Balaban J connectivity index is 1.90. The lowest BCUT2D eigenvalue weighted by atomic mass is 9.97. The molecule has 2 aliphatic heterocycles. The van der Waals surface area contributed by atoms with Gasteiger partial charge in [0.25, 0.3) is 0 Å². The van der Waals surface area contributed by atoms with Crippen LogP contribution in [0.5, 0.6) is 0 Å². The number of hydrogen-bond donors (Lipinski definition) is 1. The van der Waals surface area contributed by atoms with Gasteiger partial charge in [-0.05, 0) is 33.6 Å². The largest absolute Gasteiger partial charge is 0.467 e. The van der Waals surface area contributed by atoms with E-state index in [9.17, 15) is 33.6 Å². The van der Waals surface area contributed by atoms with Crippen molar-refractivity contribution in [2.45, 2.75) is 116 Å². The van der Waals surface area contributed by atoms with E-state index in [-0.39, 0.29) is 12.1 Å². The molecule has 0 aromatic carbocycles. The summed E-state index contributed by atoms with van der Waals surface area (Å²) >= 11 is 0. The van der Waals surface area contributed by atoms with Crippen molar-refractivity contribution in [2.75, 3.05) is 20.3 Å². The average Bonchev–Trinajstić information content (AvgIpc) is 3.66. The molecule has 0 aliphatic carbocycles. The number of ether oxygens (including phenoxy) is 7. The predicted molar refractivity (Wildman–Crippen MR) is 161 cm³/mol. The maximum atomic E-state index is 13.3. The van der Waals surface area contributed by atoms with Crippen molar-refractivity contribution in [3.63, 3.8) is 0 Å². The summed E-state index contributed by atoms with van der Waals surface area (Å²) in [7, 11) is 1.14. The van der Waals surface area contributed by atoms with Gasteiger partial charge < -0.3 is 38.5 Å². The molecule has 1 N–H and O–H groups in total. The van der Waals surface area contributed by atoms with E-state index in [4.69, 9.17) is 33.2 Å². The van der Waals surface area contributed by atoms with Gasteiger partial charge in [-0.3, -0.25) is 28.9 Å². The Morgan fingerprint density at radius 3 is 2.12 bits per heavy atom. The summed E-state index contributed by atoms with van der Waals surface area (Å²) < 4.78 is 38.9. The molecule has 1 aromatic rings. The number of carbonyl (C=O) groups excluding carboxylic acids is 7. The number of carbonyl (C=O) groups is 7. The van der Waals surface area contributed by atoms with Crippen molar-refractivity contribution in [1.82, 2.24) is 25.2 Å². The molecule has 2 amide bonds. The van der Waals surface area contributed by atoms with Crippen LogP contribution in [0, 0.1) is 0 Å². The fourth-order valence-electron chi connectivity index (χ4n) is 5.34. The lowest BCUT2D eigenvalue weighted by Crippen LogP contribution is -2.60. The normalized spacial score (nSPS) is 24.2. The average molecular weight is 698 g/mol. The van der Waals surface area contributed by atoms with Gasteiger partial charge in [-0.25, -0.2) is 14.3 Å². The minimum absolute atomic E-state index is 0.138. The standard InChI is InChI=1S/C30H43N5O14/c1-15(36)44-14-22-23(45-16(2)37)24(46-17(3)38)25(47-18(4)39)27(48-22)35-13-19(32-33-35)12-20(28(41)43-8)31-26(40)21-10-9-11-34(21)29(42)49-30(5,6)7/h13,20-25,27H,9-12,14H2,1-8H3,(H,31,40)/t20-,21-,22+,23+,24-,25+,27+/m0/s1. The number of amides is 2. The number of aromatic nitrogens is 3. The highest BCUT2D eigenvalue weighted by Crippen LogP contribution is 2.34. The van der Waals surface area contributed by atoms with Gasteiger partial charge in [0.05, 0.1) is 19.0 Å². The van der Waals surface area contributed by atoms with Crippen molar-refractivity contribution >= 4 is 41.8 Å². The van der Waals surface area contributed by atoms with E-state index in [2.05, 4.69) is 15.6 Å². The smallest absolute Gasteiger partial charge is 0.410 e. The van der Waals surface area contributed by atoms with E-state index < -0.39 is 96.8 Å². The number of nitrogens with one attached hydrogen (secondary N) is 1. The molecule has 49 heavy (non-hydrogen) atoms. The van der Waals surface area contributed by atoms with Gasteiger partial charge in [-0.1, -0.05) is 5.21 Å². The molecular formula is C30H43N5O14. The van der Waals surface area contributed by atoms with E-state index in [1.807, 2.05) is 0 Å². The van der Waals surface area contributed by atoms with Gasteiger partial charge in [0.1, 0.15) is 30.4 Å². The van der Waals surface area contributed by atoms with Crippen LogP contribution in [0.1, 0.15) is 73.2 Å². The molecule has 2 fully saturated rings. The Labute approximate surface area is 282 Å². The van der Waals surface area contributed by atoms with Crippen molar-refractivity contribution in [3.05, 3.63) is 11.9 Å². The molecule has 3 rings (SSSR count). The lowest BCUT2D eigenvalue weighted by Gasteiger charge is -2.44. The summed E-state index contributed by atoms with van der Waals surface area (Å²) in [5.74, 6) is -4.50. The summed E-state index contributed by atoms with van der Waals surface area (Å²) in [6.45, 7) is 9.39. The first-order valence-electron chi connectivity index (χ1n) is 15.5. The molecule has 7 atom stereocenters. The number of rotatable bonds is 11. The first-order chi connectivity index (χ1) is 22.9. The second-order valence-corrected chi connectivity index (χ2v) is 12.4. The zero-order valence-corrected chi connectivity index (χ0v) is 28.7. The maximum absolute atomic E-state index is 13.3. The van der Waals surface area contributed by atoms with E-state index in [0.717, 1.165) is 39.5 Å². The Hall–Kier alpha value is -4.81. The molecule has 0 saturated carbocycles. The Morgan fingerprint density at radius 1 is 0.939 bits per heavy atom. The molecule has 2 saturated heterocycles. The van der Waals surface area contributed by atoms with Crippen molar-refractivity contribution in [2.24, 2.45) is 0 Å². The molecule has 0 spiro atoms. The fourth-order valence-corrected chi connectivity index (χ4v) is 5.34. The first kappa shape index (κ1) is 38.6. The van der Waals surface area contributed by atoms with Crippen LogP contribution >= 0.6 is 0 Å². The van der Waals surface area contributed by atoms with Gasteiger partial charge in [0.2, 0.25) is 5.91 Å². The van der Waals surface area contributed by atoms with E-state index in [0.29, 0.717) is 19.4 Å². The third kappa shape index (κ3) is 10.8. The molecular weight excluding hydrogens is 654 g/mol. The Bertz CT molecular complexity index is 1410. The number of methoxy groups -OCH3 is 1. The zero-order chi connectivity index (χ0) is 36.6. The van der Waals surface area contributed by atoms with Crippen LogP contribution in [0.25, 0.3) is 0 Å². The second kappa shape index (κ2) is 16.5. The quantitative estimate of drug-likeness (QED) is 0.239. The van der Waals surface area contributed by atoms with Crippen LogP contribution in [0.4, 0.5) is 4.79 Å². The molecule has 0 bridgehead atoms. The SMILES string of the molecule is COC(=O)[C@H](Cc1cn([C@@H]2O[C@H](COC(C)=O)[C@@H](OC(C)=O)[C@H](OC(C)=O)[C@H]2OC(C)=O)nn1)NC(=O)[C@@H]1CCCN1C(=O)OC(C)(C)C. The lowest BCUT2D eigenvalue weighted by molar-refractivity contribution is -0.270. The third-order valence-corrected chi connectivity index (χ3v) is 7.18. The van der Waals surface area contributed by atoms with Crippen LogP contribution in [0.2, 0.25) is 0 Å². The summed E-state index contributed by atoms with van der Waals surface area (Å²) in [6, 6.07) is -2.16. The van der Waals surface area contributed by atoms with Gasteiger partial charge in [0, 0.05) is 40.7 Å². The zero-order valence-electron chi connectivity index (χ0n) is 28.7. The van der Waals surface area contributed by atoms with Crippen LogP contribution in [0.3, 0.4) is 0 Å². The summed E-state index contributed by atoms with van der Waals surface area (Å²) in [5, 5.41) is 10.7. The number of likely N-dealkylation sites (tertiary alicyclic amines) is 1. The second-order valence-electron chi connectivity index (χ2n) is 12.4. The highest BCUT2D eigenvalue weighted by molar-refractivity contribution is 5.90. The summed E-state index contributed by atoms with van der Waals surface area (Å²) in [6.07, 6.45) is -5.56. The minimum atomic E-state index is -1.45. The molecule has 2 aliphatic rings. The molecule has 19 nitrogen and oxygen atoms in total. The first-order valence-corrected chi connectivity index (χ1v) is 15.5. The fraction of sp³-hybridized carbons (Fsp3) is 0.700. The number of hydrogen-bond acceptors (Lipinski definition) is 16. The van der Waals surface area contributed by atoms with Crippen LogP contribution in [0.15, 0.2) is 6.20 Å². The minimum Gasteiger partial charge on any atom is -0.467 e. The van der Waals surface area contributed by atoms with Gasteiger partial charge >= 0.3 is 35.9 Å². The molecule has 0 radical (unpaired) electrons. The van der Waals surface area contributed by atoms with Crippen molar-refractivity contribution < 1.29 is 66.7 Å². The van der Waals surface area contributed by atoms with Crippen LogP contribution in [-0.2, 0) is 68.3 Å². The Kier molecular flexibility index (Phi) is 13.0. The van der Waals surface area contributed by atoms with Gasteiger partial charge in [0.15, 0.2) is 24.5 Å². The van der Waals surface area contributed by atoms with E-state index in [1.165, 1.54) is 11.1 Å². The predicted octanol–water partition coefficient (Wildman–Crippen LogP) is 0.134. The van der Waals surface area contributed by atoms with Gasteiger partial charge in [-0.2, -0.15) is 0 Å². The van der Waals surface area contributed by atoms with Crippen LogP contribution < -0.4 is 5.32 Å². The van der Waals surface area contributed by atoms with Crippen molar-refractivity contribution in [3.8, 4) is 0 Å². The van der Waals surface area contributed by atoms with Crippen LogP contribution in [-0.4, -0.2) is 124 Å². The summed E-state index contributed by atoms with van der Waals surface area (Å²) in [4.78, 5) is 88.1. The van der Waals surface area contributed by atoms with Gasteiger partial charge in [-0.15, -0.1) is 5.10 Å². The third-order valence-electron chi connectivity index (χ3n) is 7.18.